The Morgan fingerprint density at radius 1 is 0.941 bits per heavy atom. The zero-order valence-corrected chi connectivity index (χ0v) is 9.10. The number of hydrogen-bond acceptors (Lipinski definition) is 1. The van der Waals surface area contributed by atoms with E-state index in [-0.39, 0.29) is 0 Å². The van der Waals surface area contributed by atoms with Gasteiger partial charge >= 0.3 is 0 Å². The highest BCUT2D eigenvalue weighted by Crippen LogP contribution is 2.23. The quantitative estimate of drug-likeness (QED) is 0.757. The molecule has 2 rings (SSSR count). The normalized spacial score (nSPS) is 10.9. The molecule has 0 saturated carbocycles. The first kappa shape index (κ1) is 11.1. The Morgan fingerprint density at radius 3 is 2.06 bits per heavy atom. The fourth-order valence-corrected chi connectivity index (χ4v) is 1.63. The lowest BCUT2D eigenvalue weighted by Crippen LogP contribution is -1.87. The van der Waals surface area contributed by atoms with Crippen LogP contribution in [0.1, 0.15) is 16.7 Å². The van der Waals surface area contributed by atoms with E-state index in [1.807, 2.05) is 36.4 Å². The average molecular weight is 223 g/mol. The molecule has 0 aliphatic heterocycles. The Kier molecular flexibility index (Phi) is 3.32. The predicted octanol–water partition coefficient (Wildman–Crippen LogP) is 3.92. The minimum absolute atomic E-state index is 0.523. The van der Waals surface area contributed by atoms with Gasteiger partial charge < -0.3 is 0 Å². The highest BCUT2D eigenvalue weighted by molar-refractivity contribution is 5.79. The highest BCUT2D eigenvalue weighted by atomic mass is 19.1. The van der Waals surface area contributed by atoms with Crippen LogP contribution in [0.25, 0.3) is 5.57 Å². The summed E-state index contributed by atoms with van der Waals surface area (Å²) < 4.78 is 13.0. The third-order valence-electron chi connectivity index (χ3n) is 2.52. The van der Waals surface area contributed by atoms with Gasteiger partial charge in [0.25, 0.3) is 0 Å². The van der Waals surface area contributed by atoms with E-state index in [0.29, 0.717) is 17.5 Å². The fourth-order valence-electron chi connectivity index (χ4n) is 1.63. The number of halogens is 1. The Balaban J connectivity index is 2.41. The third kappa shape index (κ3) is 2.40. The van der Waals surface area contributed by atoms with Crippen LogP contribution < -0.4 is 0 Å². The van der Waals surface area contributed by atoms with Gasteiger partial charge in [0.1, 0.15) is 0 Å². The van der Waals surface area contributed by atoms with E-state index in [0.717, 1.165) is 11.1 Å². The van der Waals surface area contributed by atoms with Gasteiger partial charge in [0.05, 0.1) is 18.0 Å². The molecule has 0 amide bonds. The molecular formula is C15H10FN. The van der Waals surface area contributed by atoms with Crippen LogP contribution in [0.3, 0.4) is 0 Å². The van der Waals surface area contributed by atoms with Crippen molar-refractivity contribution < 1.29 is 4.39 Å². The van der Waals surface area contributed by atoms with Crippen LogP contribution in [-0.4, -0.2) is 0 Å². The third-order valence-corrected chi connectivity index (χ3v) is 2.52. The lowest BCUT2D eigenvalue weighted by Gasteiger charge is -2.06. The van der Waals surface area contributed by atoms with E-state index in [2.05, 4.69) is 0 Å². The number of hydrogen-bond donors (Lipinski definition) is 0. The van der Waals surface area contributed by atoms with Gasteiger partial charge in [-0.15, -0.1) is 0 Å². The lowest BCUT2D eigenvalue weighted by molar-refractivity contribution is 0.724. The van der Waals surface area contributed by atoms with Crippen molar-refractivity contribution in [2.45, 2.75) is 0 Å². The van der Waals surface area contributed by atoms with Crippen LogP contribution in [0, 0.1) is 11.3 Å². The van der Waals surface area contributed by atoms with Crippen molar-refractivity contribution in [2.75, 3.05) is 0 Å². The van der Waals surface area contributed by atoms with Gasteiger partial charge in [0, 0.05) is 5.57 Å². The minimum atomic E-state index is 0.523. The Morgan fingerprint density at radius 2 is 1.53 bits per heavy atom. The van der Waals surface area contributed by atoms with Gasteiger partial charge in [-0.05, 0) is 23.3 Å². The summed E-state index contributed by atoms with van der Waals surface area (Å²) in [5.41, 5.74) is 2.67. The second kappa shape index (κ2) is 5.09. The number of benzene rings is 2. The number of nitrogens with zero attached hydrogens (tertiary/aromatic N) is 1. The molecule has 2 heteroatoms. The van der Waals surface area contributed by atoms with Crippen LogP contribution in [0.4, 0.5) is 4.39 Å². The van der Waals surface area contributed by atoms with Crippen molar-refractivity contribution in [3.05, 3.63) is 77.6 Å². The first-order chi connectivity index (χ1) is 8.35. The summed E-state index contributed by atoms with van der Waals surface area (Å²) in [5, 5.41) is 8.70. The molecule has 0 bridgehead atoms. The first-order valence-electron chi connectivity index (χ1n) is 5.21. The zero-order chi connectivity index (χ0) is 12.1. The zero-order valence-electron chi connectivity index (χ0n) is 9.10. The van der Waals surface area contributed by atoms with Crippen LogP contribution in [0.5, 0.6) is 0 Å². The van der Waals surface area contributed by atoms with Crippen LogP contribution in [-0.2, 0) is 0 Å². The van der Waals surface area contributed by atoms with Crippen molar-refractivity contribution in [1.82, 2.24) is 0 Å². The summed E-state index contributed by atoms with van der Waals surface area (Å²) in [4.78, 5) is 0. The van der Waals surface area contributed by atoms with Crippen molar-refractivity contribution in [1.29, 1.82) is 5.26 Å². The molecule has 0 aromatic heterocycles. The van der Waals surface area contributed by atoms with Crippen molar-refractivity contribution in [3.8, 4) is 6.07 Å². The van der Waals surface area contributed by atoms with E-state index < -0.39 is 0 Å². The average Bonchev–Trinajstić information content (AvgIpc) is 2.42. The van der Waals surface area contributed by atoms with E-state index in [4.69, 9.17) is 5.26 Å². The largest absolute Gasteiger partial charge is 0.215 e. The molecule has 0 saturated heterocycles. The van der Waals surface area contributed by atoms with Crippen LogP contribution >= 0.6 is 0 Å². The molecule has 0 spiro atoms. The Hall–Kier alpha value is -2.40. The van der Waals surface area contributed by atoms with Gasteiger partial charge in [-0.25, -0.2) is 4.39 Å². The summed E-state index contributed by atoms with van der Waals surface area (Å²) in [6, 6.07) is 18.2. The predicted molar refractivity (Wildman–Crippen MR) is 65.8 cm³/mol. The van der Waals surface area contributed by atoms with Gasteiger partial charge in [0.15, 0.2) is 0 Å². The van der Waals surface area contributed by atoms with Gasteiger partial charge in [-0.2, -0.15) is 5.26 Å². The van der Waals surface area contributed by atoms with Crippen LogP contribution in [0.2, 0.25) is 0 Å². The van der Waals surface area contributed by atoms with Crippen molar-refractivity contribution >= 4 is 5.57 Å². The SMILES string of the molecule is N#Cc1ccc(C(=CF)c2ccccc2)cc1. The molecule has 0 aliphatic rings. The van der Waals surface area contributed by atoms with E-state index in [1.54, 1.807) is 24.3 Å². The molecule has 82 valence electrons. The van der Waals surface area contributed by atoms with Gasteiger partial charge in [0.2, 0.25) is 0 Å². The van der Waals surface area contributed by atoms with E-state index in [1.165, 1.54) is 0 Å². The van der Waals surface area contributed by atoms with E-state index >= 15 is 0 Å². The Labute approximate surface area is 99.5 Å². The highest BCUT2D eigenvalue weighted by Gasteiger charge is 2.04. The minimum Gasteiger partial charge on any atom is -0.215 e. The molecule has 0 radical (unpaired) electrons. The maximum absolute atomic E-state index is 13.0. The molecular weight excluding hydrogens is 213 g/mol. The lowest BCUT2D eigenvalue weighted by atomic mass is 9.99. The monoisotopic (exact) mass is 223 g/mol. The molecule has 0 aliphatic carbocycles. The van der Waals surface area contributed by atoms with Gasteiger partial charge in [-0.1, -0.05) is 42.5 Å². The second-order valence-electron chi connectivity index (χ2n) is 3.58. The molecule has 17 heavy (non-hydrogen) atoms. The molecule has 0 unspecified atom stereocenters. The van der Waals surface area contributed by atoms with Crippen LogP contribution in [0.15, 0.2) is 60.9 Å². The van der Waals surface area contributed by atoms with E-state index in [9.17, 15) is 4.39 Å². The molecule has 2 aromatic rings. The molecule has 0 heterocycles. The topological polar surface area (TPSA) is 23.8 Å². The molecule has 0 N–H and O–H groups in total. The van der Waals surface area contributed by atoms with Gasteiger partial charge in [-0.3, -0.25) is 0 Å². The van der Waals surface area contributed by atoms with Crippen molar-refractivity contribution in [3.63, 3.8) is 0 Å². The standard InChI is InChI=1S/C15H10FN/c16-10-15(13-4-2-1-3-5-13)14-8-6-12(11-17)7-9-14/h1-10H. The molecule has 0 atom stereocenters. The summed E-state index contributed by atoms with van der Waals surface area (Å²) in [5.74, 6) is 0. The fraction of sp³-hybridized carbons (Fsp3) is 0. The summed E-state index contributed by atoms with van der Waals surface area (Å²) in [6.45, 7) is 0. The van der Waals surface area contributed by atoms with Crippen molar-refractivity contribution in [2.24, 2.45) is 0 Å². The molecule has 1 nitrogen and oxygen atoms in total. The Bertz CT molecular complexity index is 562. The summed E-state index contributed by atoms with van der Waals surface area (Å²) in [7, 11) is 0. The molecule has 0 fully saturated rings. The summed E-state index contributed by atoms with van der Waals surface area (Å²) in [6.07, 6.45) is 0.594. The maximum Gasteiger partial charge on any atom is 0.0991 e. The first-order valence-corrected chi connectivity index (χ1v) is 5.21. The maximum atomic E-state index is 13.0. The summed E-state index contributed by atoms with van der Waals surface area (Å²) >= 11 is 0. The number of rotatable bonds is 2. The smallest absolute Gasteiger partial charge is 0.0991 e. The number of nitriles is 1. The molecule has 2 aromatic carbocycles. The second-order valence-corrected chi connectivity index (χ2v) is 3.58.